The van der Waals surface area contributed by atoms with Gasteiger partial charge in [0, 0.05) is 5.56 Å². The predicted molar refractivity (Wildman–Crippen MR) is 108 cm³/mol. The van der Waals surface area contributed by atoms with Crippen molar-refractivity contribution in [1.82, 2.24) is 0 Å². The Balaban J connectivity index is 1.72. The Labute approximate surface area is 187 Å². The maximum atomic E-state index is 13.0. The lowest BCUT2D eigenvalue weighted by Crippen LogP contribution is -2.14. The number of hydrogen-bond acceptors (Lipinski definition) is 4. The monoisotopic (exact) mass is 467 g/mol. The molecule has 0 spiro atoms. The number of halogens is 5. The summed E-state index contributed by atoms with van der Waals surface area (Å²) >= 11 is 5.31. The lowest BCUT2D eigenvalue weighted by atomic mass is 10.1. The Kier molecular flexibility index (Phi) is 6.51. The second-order valence-corrected chi connectivity index (χ2v) is 8.32. The van der Waals surface area contributed by atoms with E-state index in [1.54, 1.807) is 32.0 Å². The molecule has 4 nitrogen and oxygen atoms in total. The molecule has 0 amide bonds. The van der Waals surface area contributed by atoms with Crippen LogP contribution < -0.4 is 4.74 Å². The average Bonchev–Trinajstić information content (AvgIpc) is 3.27. The molecule has 9 heteroatoms. The van der Waals surface area contributed by atoms with Crippen LogP contribution in [0.2, 0.25) is 0 Å². The first kappa shape index (κ1) is 23.6. The first-order valence-corrected chi connectivity index (χ1v) is 9.89. The van der Waals surface area contributed by atoms with E-state index in [0.29, 0.717) is 17.1 Å². The summed E-state index contributed by atoms with van der Waals surface area (Å²) in [7, 11) is 0. The number of carbonyl (C=O) groups is 1. The van der Waals surface area contributed by atoms with Gasteiger partial charge in [-0.15, -0.1) is 0 Å². The van der Waals surface area contributed by atoms with Crippen molar-refractivity contribution >= 4 is 17.6 Å². The summed E-state index contributed by atoms with van der Waals surface area (Å²) in [6.07, 6.45) is -5.18. The van der Waals surface area contributed by atoms with Gasteiger partial charge in [-0.2, -0.15) is 18.4 Å². The third-order valence-electron chi connectivity index (χ3n) is 5.32. The van der Waals surface area contributed by atoms with E-state index in [2.05, 4.69) is 0 Å². The summed E-state index contributed by atoms with van der Waals surface area (Å²) in [4.78, 5) is 12.6. The first-order valence-electron chi connectivity index (χ1n) is 9.51. The minimum absolute atomic E-state index is 0.319. The van der Waals surface area contributed by atoms with E-state index >= 15 is 0 Å². The zero-order valence-corrected chi connectivity index (χ0v) is 17.7. The fourth-order valence-corrected chi connectivity index (χ4v) is 3.57. The highest BCUT2D eigenvalue weighted by Gasteiger charge is 2.62. The number of nitriles is 1. The largest absolute Gasteiger partial charge is 0.457 e. The van der Waals surface area contributed by atoms with Crippen molar-refractivity contribution in [3.8, 4) is 17.6 Å². The Hall–Kier alpha value is -3.05. The summed E-state index contributed by atoms with van der Waals surface area (Å²) in [6.45, 7) is 3.25. The summed E-state index contributed by atoms with van der Waals surface area (Å²) in [6, 6.07) is 13.4. The first-order chi connectivity index (χ1) is 14.9. The maximum Gasteiger partial charge on any atom is 0.426 e. The molecule has 0 radical (unpaired) electrons. The molecule has 0 aliphatic heterocycles. The zero-order chi connectivity index (χ0) is 23.7. The molecule has 3 atom stereocenters. The van der Waals surface area contributed by atoms with Crippen LogP contribution in [0.5, 0.6) is 11.5 Å². The molecule has 2 aromatic rings. The molecular formula is C23H18ClF4NO3. The van der Waals surface area contributed by atoms with Crippen molar-refractivity contribution in [3.05, 3.63) is 71.0 Å². The van der Waals surface area contributed by atoms with Crippen LogP contribution in [-0.4, -0.2) is 12.1 Å². The number of ether oxygens (including phenoxy) is 2. The quantitative estimate of drug-likeness (QED) is 0.351. The Morgan fingerprint density at radius 3 is 2.44 bits per heavy atom. The fourth-order valence-electron chi connectivity index (χ4n) is 3.43. The number of nitrogens with zero attached hydrogens (tertiary/aromatic N) is 1. The van der Waals surface area contributed by atoms with Crippen molar-refractivity contribution in [2.75, 3.05) is 0 Å². The van der Waals surface area contributed by atoms with Crippen LogP contribution in [0.15, 0.2) is 59.6 Å². The molecular weight excluding hydrogens is 450 g/mol. The van der Waals surface area contributed by atoms with Gasteiger partial charge in [0.2, 0.25) is 6.10 Å². The van der Waals surface area contributed by atoms with Gasteiger partial charge in [-0.05, 0) is 47.7 Å². The smallest absolute Gasteiger partial charge is 0.426 e. The highest BCUT2D eigenvalue weighted by Crippen LogP contribution is 2.60. The Bertz CT molecular complexity index is 1070. The van der Waals surface area contributed by atoms with E-state index in [1.165, 1.54) is 30.3 Å². The van der Waals surface area contributed by atoms with Crippen molar-refractivity contribution in [3.63, 3.8) is 0 Å². The number of allylic oxidation sites excluding steroid dienone is 2. The maximum absolute atomic E-state index is 13.0. The van der Waals surface area contributed by atoms with Gasteiger partial charge in [-0.3, -0.25) is 4.79 Å². The van der Waals surface area contributed by atoms with Crippen LogP contribution >= 0.6 is 11.6 Å². The number of alkyl halides is 3. The molecule has 1 aliphatic carbocycles. The fraction of sp³-hybridized carbons (Fsp3) is 0.304. The predicted octanol–water partition coefficient (Wildman–Crippen LogP) is 6.68. The molecule has 0 bridgehead atoms. The average molecular weight is 468 g/mol. The summed E-state index contributed by atoms with van der Waals surface area (Å²) < 4.78 is 62.1. The van der Waals surface area contributed by atoms with E-state index in [0.717, 1.165) is 6.08 Å². The molecule has 1 saturated carbocycles. The standard InChI is InChI=1S/C23H18ClF4NO3/c1-22(2)17(11-19(24)23(26,27)28)20(22)21(30)32-18(12-29)13-4-3-5-16(10-13)31-15-8-6-14(25)7-9-15/h3-11,17-18,20H,1-2H3/b19-11-/t17-,18?,20-/m0/s1. The highest BCUT2D eigenvalue weighted by molar-refractivity contribution is 6.30. The lowest BCUT2D eigenvalue weighted by Gasteiger charge is -2.13. The molecule has 0 aromatic heterocycles. The van der Waals surface area contributed by atoms with E-state index in [1.807, 2.05) is 6.07 Å². The second-order valence-electron chi connectivity index (χ2n) is 7.91. The minimum Gasteiger partial charge on any atom is -0.457 e. The second kappa shape index (κ2) is 8.83. The molecule has 1 fully saturated rings. The SMILES string of the molecule is CC1(C)[C@H](C(=O)OC(C#N)c2cccc(Oc3ccc(F)cc3)c2)[C@@H]1/C=C(\Cl)C(F)(F)F. The van der Waals surface area contributed by atoms with Gasteiger partial charge in [0.1, 0.15) is 28.4 Å². The normalized spacial score (nSPS) is 20.8. The van der Waals surface area contributed by atoms with Crippen LogP contribution in [0.3, 0.4) is 0 Å². The Morgan fingerprint density at radius 1 is 1.19 bits per heavy atom. The summed E-state index contributed by atoms with van der Waals surface area (Å²) in [5, 5.41) is 8.20. The molecule has 168 valence electrons. The van der Waals surface area contributed by atoms with Crippen molar-refractivity contribution in [2.24, 2.45) is 17.3 Å². The van der Waals surface area contributed by atoms with Gasteiger partial charge >= 0.3 is 12.1 Å². The van der Waals surface area contributed by atoms with E-state index in [-0.39, 0.29) is 0 Å². The minimum atomic E-state index is -4.70. The van der Waals surface area contributed by atoms with Crippen LogP contribution in [0, 0.1) is 34.4 Å². The molecule has 2 aromatic carbocycles. The molecule has 1 aliphatic rings. The molecule has 0 heterocycles. The number of rotatable bonds is 6. The molecule has 0 saturated heterocycles. The number of esters is 1. The lowest BCUT2D eigenvalue weighted by molar-refractivity contribution is -0.149. The topological polar surface area (TPSA) is 59.3 Å². The third kappa shape index (κ3) is 5.22. The van der Waals surface area contributed by atoms with Crippen molar-refractivity contribution < 1.29 is 31.8 Å². The van der Waals surface area contributed by atoms with Gasteiger partial charge in [0.15, 0.2) is 0 Å². The number of carbonyl (C=O) groups excluding carboxylic acids is 1. The van der Waals surface area contributed by atoms with Gasteiger partial charge in [-0.25, -0.2) is 4.39 Å². The van der Waals surface area contributed by atoms with Crippen LogP contribution in [0.4, 0.5) is 17.6 Å². The molecule has 32 heavy (non-hydrogen) atoms. The van der Waals surface area contributed by atoms with Crippen molar-refractivity contribution in [1.29, 1.82) is 5.26 Å². The van der Waals surface area contributed by atoms with Crippen LogP contribution in [-0.2, 0) is 9.53 Å². The van der Waals surface area contributed by atoms with E-state index in [9.17, 15) is 27.6 Å². The highest BCUT2D eigenvalue weighted by atomic mass is 35.5. The molecule has 0 N–H and O–H groups in total. The summed E-state index contributed by atoms with van der Waals surface area (Å²) in [5.74, 6) is -2.15. The van der Waals surface area contributed by atoms with Gasteiger partial charge in [0.05, 0.1) is 5.92 Å². The van der Waals surface area contributed by atoms with Gasteiger partial charge in [0.25, 0.3) is 0 Å². The molecule has 3 rings (SSSR count). The van der Waals surface area contributed by atoms with Crippen molar-refractivity contribution in [2.45, 2.75) is 26.1 Å². The van der Waals surface area contributed by atoms with Gasteiger partial charge < -0.3 is 9.47 Å². The van der Waals surface area contributed by atoms with E-state index in [4.69, 9.17) is 21.1 Å². The van der Waals surface area contributed by atoms with Gasteiger partial charge in [-0.1, -0.05) is 43.7 Å². The number of hydrogen-bond donors (Lipinski definition) is 0. The Morgan fingerprint density at radius 2 is 1.84 bits per heavy atom. The third-order valence-corrected chi connectivity index (χ3v) is 5.66. The zero-order valence-electron chi connectivity index (χ0n) is 17.0. The summed E-state index contributed by atoms with van der Waals surface area (Å²) in [5.41, 5.74) is -0.477. The van der Waals surface area contributed by atoms with Crippen LogP contribution in [0.1, 0.15) is 25.5 Å². The van der Waals surface area contributed by atoms with E-state index < -0.39 is 46.3 Å². The number of benzene rings is 2. The molecule has 1 unspecified atom stereocenters. The van der Waals surface area contributed by atoms with Crippen LogP contribution in [0.25, 0.3) is 0 Å².